The fourth-order valence-electron chi connectivity index (χ4n) is 3.99. The first-order valence-corrected chi connectivity index (χ1v) is 10.5. The van der Waals surface area contributed by atoms with Crippen molar-refractivity contribution in [3.8, 4) is 0 Å². The van der Waals surface area contributed by atoms with Crippen LogP contribution < -0.4 is 10.2 Å². The van der Waals surface area contributed by atoms with Crippen molar-refractivity contribution in [2.75, 3.05) is 38.1 Å². The molecule has 0 saturated carbocycles. The molecule has 0 aromatic heterocycles. The molecule has 0 unspecified atom stereocenters. The molecule has 27 heavy (non-hydrogen) atoms. The van der Waals surface area contributed by atoms with Crippen LogP contribution >= 0.6 is 15.9 Å². The smallest absolute Gasteiger partial charge is 0.256 e. The average molecular weight is 430 g/mol. The van der Waals surface area contributed by atoms with Crippen molar-refractivity contribution in [1.29, 1.82) is 0 Å². The SMILES string of the molecule is CCN(CC)CCCN[C@@]1(c2ccccc2)C(=O)N(C)c2c(Br)cccc21. The van der Waals surface area contributed by atoms with Gasteiger partial charge in [0.05, 0.1) is 5.69 Å². The van der Waals surface area contributed by atoms with Gasteiger partial charge in [-0.3, -0.25) is 10.1 Å². The highest BCUT2D eigenvalue weighted by Crippen LogP contribution is 2.46. The number of carbonyl (C=O) groups is 1. The van der Waals surface area contributed by atoms with Crippen LogP contribution in [0.4, 0.5) is 5.69 Å². The summed E-state index contributed by atoms with van der Waals surface area (Å²) in [5, 5.41) is 3.64. The molecule has 1 aliphatic rings. The van der Waals surface area contributed by atoms with E-state index < -0.39 is 5.54 Å². The lowest BCUT2D eigenvalue weighted by molar-refractivity contribution is -0.122. The second-order valence-electron chi connectivity index (χ2n) is 6.92. The number of anilines is 1. The molecule has 0 spiro atoms. The predicted molar refractivity (Wildman–Crippen MR) is 115 cm³/mol. The number of nitrogens with one attached hydrogen (secondary N) is 1. The second-order valence-corrected chi connectivity index (χ2v) is 7.78. The predicted octanol–water partition coefficient (Wildman–Crippen LogP) is 3.99. The molecule has 1 atom stereocenters. The number of fused-ring (bicyclic) bond motifs is 1. The second kappa shape index (κ2) is 8.55. The van der Waals surface area contributed by atoms with E-state index in [2.05, 4.69) is 46.1 Å². The summed E-state index contributed by atoms with van der Waals surface area (Å²) in [4.78, 5) is 17.7. The molecule has 2 aromatic carbocycles. The minimum atomic E-state index is -0.835. The number of nitrogens with zero attached hydrogens (tertiary/aromatic N) is 2. The van der Waals surface area contributed by atoms with Gasteiger partial charge in [-0.2, -0.15) is 0 Å². The van der Waals surface area contributed by atoms with E-state index in [-0.39, 0.29) is 5.91 Å². The number of halogens is 1. The molecule has 0 saturated heterocycles. The fraction of sp³-hybridized carbons (Fsp3) is 0.409. The van der Waals surface area contributed by atoms with E-state index >= 15 is 0 Å². The molecule has 0 fully saturated rings. The molecule has 1 amide bonds. The Bertz CT molecular complexity index is 791. The molecule has 0 radical (unpaired) electrons. The first-order valence-electron chi connectivity index (χ1n) is 9.66. The van der Waals surface area contributed by atoms with E-state index in [9.17, 15) is 4.79 Å². The summed E-state index contributed by atoms with van der Waals surface area (Å²) in [6, 6.07) is 16.1. The van der Waals surface area contributed by atoms with E-state index in [1.165, 1.54) is 0 Å². The Morgan fingerprint density at radius 3 is 2.44 bits per heavy atom. The minimum absolute atomic E-state index is 0.0680. The number of para-hydroxylation sites is 1. The van der Waals surface area contributed by atoms with Crippen LogP contribution in [0.1, 0.15) is 31.4 Å². The van der Waals surface area contributed by atoms with Crippen molar-refractivity contribution in [3.63, 3.8) is 0 Å². The molecule has 5 heteroatoms. The summed E-state index contributed by atoms with van der Waals surface area (Å²) in [5.74, 6) is 0.0680. The third-order valence-corrected chi connectivity index (χ3v) is 6.13. The summed E-state index contributed by atoms with van der Waals surface area (Å²) >= 11 is 3.63. The lowest BCUT2D eigenvalue weighted by Gasteiger charge is -2.31. The maximum absolute atomic E-state index is 13.5. The van der Waals surface area contributed by atoms with E-state index in [1.807, 2.05) is 49.5 Å². The number of carbonyl (C=O) groups excluding carboxylic acids is 1. The highest BCUT2D eigenvalue weighted by Gasteiger charge is 2.51. The molecule has 1 heterocycles. The lowest BCUT2D eigenvalue weighted by Crippen LogP contribution is -2.51. The highest BCUT2D eigenvalue weighted by atomic mass is 79.9. The maximum Gasteiger partial charge on any atom is 0.256 e. The summed E-state index contributed by atoms with van der Waals surface area (Å²) in [6.07, 6.45) is 0.997. The van der Waals surface area contributed by atoms with Crippen molar-refractivity contribution in [2.24, 2.45) is 0 Å². The van der Waals surface area contributed by atoms with Gasteiger partial charge in [0.15, 0.2) is 5.54 Å². The van der Waals surface area contributed by atoms with Gasteiger partial charge in [0.25, 0.3) is 5.91 Å². The van der Waals surface area contributed by atoms with Gasteiger partial charge in [0.2, 0.25) is 0 Å². The summed E-state index contributed by atoms with van der Waals surface area (Å²) < 4.78 is 0.943. The first-order chi connectivity index (χ1) is 13.1. The highest BCUT2D eigenvalue weighted by molar-refractivity contribution is 9.10. The van der Waals surface area contributed by atoms with Crippen molar-refractivity contribution in [3.05, 3.63) is 64.1 Å². The summed E-state index contributed by atoms with van der Waals surface area (Å²) in [6.45, 7) is 8.28. The van der Waals surface area contributed by atoms with Gasteiger partial charge in [0.1, 0.15) is 0 Å². The van der Waals surface area contributed by atoms with Gasteiger partial charge in [-0.15, -0.1) is 0 Å². The van der Waals surface area contributed by atoms with Gasteiger partial charge in [-0.25, -0.2) is 0 Å². The van der Waals surface area contributed by atoms with Crippen LogP contribution in [-0.4, -0.2) is 44.0 Å². The van der Waals surface area contributed by atoms with Crippen LogP contribution in [0.5, 0.6) is 0 Å². The standard InChI is InChI=1S/C22H28BrN3O/c1-4-26(5-2)16-10-15-24-22(17-11-7-6-8-12-17)18-13-9-14-19(23)20(18)25(3)21(22)27/h6-9,11-14,24H,4-5,10,15-16H2,1-3H3/t22-/m1/s1. The van der Waals surface area contributed by atoms with Crippen LogP contribution in [0.25, 0.3) is 0 Å². The normalized spacial score (nSPS) is 19.0. The van der Waals surface area contributed by atoms with Crippen molar-refractivity contribution < 1.29 is 4.79 Å². The lowest BCUT2D eigenvalue weighted by atomic mass is 9.83. The molecule has 3 rings (SSSR count). The number of hydrogen-bond donors (Lipinski definition) is 1. The zero-order valence-electron chi connectivity index (χ0n) is 16.3. The number of benzene rings is 2. The van der Waals surface area contributed by atoms with E-state index in [0.29, 0.717) is 0 Å². The van der Waals surface area contributed by atoms with Gasteiger partial charge in [0, 0.05) is 17.1 Å². The third-order valence-electron chi connectivity index (χ3n) is 5.49. The molecule has 4 nitrogen and oxygen atoms in total. The summed E-state index contributed by atoms with van der Waals surface area (Å²) in [5.41, 5.74) is 2.11. The molecular formula is C22H28BrN3O. The van der Waals surface area contributed by atoms with Gasteiger partial charge >= 0.3 is 0 Å². The van der Waals surface area contributed by atoms with Crippen LogP contribution in [0.15, 0.2) is 53.0 Å². The monoisotopic (exact) mass is 429 g/mol. The molecule has 1 N–H and O–H groups in total. The topological polar surface area (TPSA) is 35.6 Å². The minimum Gasteiger partial charge on any atom is -0.312 e. The van der Waals surface area contributed by atoms with E-state index in [0.717, 1.165) is 53.9 Å². The van der Waals surface area contributed by atoms with Crippen LogP contribution in [0.3, 0.4) is 0 Å². The quantitative estimate of drug-likeness (QED) is 0.644. The fourth-order valence-corrected chi connectivity index (χ4v) is 4.62. The van der Waals surface area contributed by atoms with Crippen molar-refractivity contribution in [2.45, 2.75) is 25.8 Å². The first kappa shape index (κ1) is 20.1. The van der Waals surface area contributed by atoms with E-state index in [1.54, 1.807) is 4.90 Å². The van der Waals surface area contributed by atoms with Crippen molar-refractivity contribution in [1.82, 2.24) is 10.2 Å². The molecule has 0 bridgehead atoms. The number of likely N-dealkylation sites (N-methyl/N-ethyl adjacent to an activating group) is 1. The molecule has 2 aromatic rings. The van der Waals surface area contributed by atoms with Gasteiger partial charge in [-0.1, -0.05) is 56.3 Å². The van der Waals surface area contributed by atoms with Gasteiger partial charge < -0.3 is 9.80 Å². The van der Waals surface area contributed by atoms with Crippen LogP contribution in [0.2, 0.25) is 0 Å². The number of rotatable bonds is 8. The zero-order valence-corrected chi connectivity index (χ0v) is 17.9. The largest absolute Gasteiger partial charge is 0.312 e. The molecule has 144 valence electrons. The molecular weight excluding hydrogens is 402 g/mol. The summed E-state index contributed by atoms with van der Waals surface area (Å²) in [7, 11) is 1.86. The van der Waals surface area contributed by atoms with Crippen LogP contribution in [-0.2, 0) is 10.3 Å². The maximum atomic E-state index is 13.5. The Balaban J connectivity index is 1.96. The molecule has 0 aliphatic carbocycles. The van der Waals surface area contributed by atoms with Crippen LogP contribution in [0, 0.1) is 0 Å². The Kier molecular flexibility index (Phi) is 6.35. The Hall–Kier alpha value is -1.69. The van der Waals surface area contributed by atoms with E-state index in [4.69, 9.17) is 0 Å². The average Bonchev–Trinajstić information content (AvgIpc) is 2.92. The number of amides is 1. The number of hydrogen-bond acceptors (Lipinski definition) is 3. The Morgan fingerprint density at radius 1 is 1.07 bits per heavy atom. The zero-order chi connectivity index (χ0) is 19.4. The van der Waals surface area contributed by atoms with Gasteiger partial charge in [-0.05, 0) is 60.2 Å². The van der Waals surface area contributed by atoms with Crippen molar-refractivity contribution >= 4 is 27.5 Å². The Labute approximate surface area is 170 Å². The Morgan fingerprint density at radius 2 is 1.78 bits per heavy atom. The molecule has 1 aliphatic heterocycles. The third kappa shape index (κ3) is 3.56.